The summed E-state index contributed by atoms with van der Waals surface area (Å²) < 4.78 is 9.79. The number of benzene rings is 1. The summed E-state index contributed by atoms with van der Waals surface area (Å²) in [7, 11) is 1.33. The molecule has 1 aromatic carbocycles. The van der Waals surface area contributed by atoms with E-state index in [2.05, 4.69) is 0 Å². The van der Waals surface area contributed by atoms with Crippen LogP contribution in [0, 0.1) is 5.92 Å². The molecule has 1 unspecified atom stereocenters. The lowest BCUT2D eigenvalue weighted by Gasteiger charge is -2.20. The van der Waals surface area contributed by atoms with E-state index in [0.717, 1.165) is 5.56 Å². The van der Waals surface area contributed by atoms with Crippen LogP contribution in [-0.4, -0.2) is 42.6 Å². The summed E-state index contributed by atoms with van der Waals surface area (Å²) >= 11 is 0. The number of cyclic esters (lactones) is 1. The van der Waals surface area contributed by atoms with Crippen LogP contribution in [0.2, 0.25) is 0 Å². The quantitative estimate of drug-likeness (QED) is 0.791. The van der Waals surface area contributed by atoms with E-state index in [1.165, 1.54) is 12.0 Å². The Kier molecular flexibility index (Phi) is 4.64. The number of rotatable bonds is 4. The fraction of sp³-hybridized carbons (Fsp3) is 0.389. The third kappa shape index (κ3) is 3.18. The lowest BCUT2D eigenvalue weighted by molar-refractivity contribution is -0.145. The van der Waals surface area contributed by atoms with Gasteiger partial charge in [0.1, 0.15) is 6.61 Å². The van der Waals surface area contributed by atoms with Crippen LogP contribution in [0.1, 0.15) is 18.4 Å². The van der Waals surface area contributed by atoms with Crippen molar-refractivity contribution in [2.24, 2.45) is 5.92 Å². The average Bonchev–Trinajstić information content (AvgIpc) is 3.22. The number of hydrogen-bond donors (Lipinski definition) is 0. The van der Waals surface area contributed by atoms with Crippen LogP contribution in [-0.2, 0) is 25.5 Å². The van der Waals surface area contributed by atoms with Crippen molar-refractivity contribution in [1.82, 2.24) is 4.90 Å². The fourth-order valence-electron chi connectivity index (χ4n) is 3.14. The minimum atomic E-state index is -0.622. The molecule has 1 saturated heterocycles. The number of allylic oxidation sites excluding steroid dienone is 1. The zero-order chi connectivity index (χ0) is 17.1. The van der Waals surface area contributed by atoms with Gasteiger partial charge in [-0.1, -0.05) is 36.4 Å². The van der Waals surface area contributed by atoms with Gasteiger partial charge in [0.2, 0.25) is 0 Å². The first-order valence-corrected chi connectivity index (χ1v) is 7.91. The van der Waals surface area contributed by atoms with Gasteiger partial charge in [-0.05, 0) is 24.8 Å². The molecule has 6 nitrogen and oxygen atoms in total. The van der Waals surface area contributed by atoms with E-state index in [4.69, 9.17) is 9.47 Å². The van der Waals surface area contributed by atoms with Crippen molar-refractivity contribution in [2.75, 3.05) is 13.7 Å². The van der Waals surface area contributed by atoms with Crippen LogP contribution in [0.4, 0.5) is 4.79 Å². The van der Waals surface area contributed by atoms with E-state index >= 15 is 0 Å². The molecule has 1 heterocycles. The molecule has 0 saturated carbocycles. The maximum absolute atomic E-state index is 12.7. The Balaban J connectivity index is 1.70. The molecule has 0 bridgehead atoms. The smallest absolute Gasteiger partial charge is 0.417 e. The molecule has 6 heteroatoms. The van der Waals surface area contributed by atoms with Gasteiger partial charge in [0.25, 0.3) is 5.91 Å². The highest BCUT2D eigenvalue weighted by atomic mass is 16.6. The molecular formula is C18H19NO5. The molecule has 0 N–H and O–H groups in total. The molecular weight excluding hydrogens is 310 g/mol. The van der Waals surface area contributed by atoms with Crippen LogP contribution >= 0.6 is 0 Å². The van der Waals surface area contributed by atoms with Gasteiger partial charge in [0, 0.05) is 5.57 Å². The number of ether oxygens (including phenoxy) is 2. The predicted molar refractivity (Wildman–Crippen MR) is 85.0 cm³/mol. The normalized spacial score (nSPS) is 23.0. The number of carbonyl (C=O) groups is 3. The molecule has 2 amide bonds. The van der Waals surface area contributed by atoms with E-state index in [0.29, 0.717) is 24.8 Å². The number of nitrogens with zero attached hydrogens (tertiary/aromatic N) is 1. The van der Waals surface area contributed by atoms with Crippen molar-refractivity contribution in [1.29, 1.82) is 0 Å². The van der Waals surface area contributed by atoms with E-state index in [1.807, 2.05) is 30.3 Å². The third-order valence-electron chi connectivity index (χ3n) is 4.42. The second-order valence-electron chi connectivity index (χ2n) is 5.98. The second kappa shape index (κ2) is 6.86. The number of amides is 2. The molecule has 2 aliphatic rings. The molecule has 3 rings (SSSR count). The molecule has 0 aromatic heterocycles. The highest BCUT2D eigenvalue weighted by Gasteiger charge is 2.41. The first-order chi connectivity index (χ1) is 11.6. The van der Waals surface area contributed by atoms with Crippen molar-refractivity contribution in [3.63, 3.8) is 0 Å². The van der Waals surface area contributed by atoms with Crippen molar-refractivity contribution in [3.8, 4) is 0 Å². The molecule has 1 aliphatic heterocycles. The summed E-state index contributed by atoms with van der Waals surface area (Å²) in [6, 6.07) is 9.32. The topological polar surface area (TPSA) is 72.9 Å². The summed E-state index contributed by atoms with van der Waals surface area (Å²) in [5.41, 5.74) is 1.51. The van der Waals surface area contributed by atoms with Crippen LogP contribution in [0.25, 0.3) is 0 Å². The zero-order valence-electron chi connectivity index (χ0n) is 13.4. The zero-order valence-corrected chi connectivity index (χ0v) is 13.4. The summed E-state index contributed by atoms with van der Waals surface area (Å²) in [6.45, 7) is 0.188. The Morgan fingerprint density at radius 3 is 2.75 bits per heavy atom. The van der Waals surface area contributed by atoms with Gasteiger partial charge in [0.05, 0.1) is 19.1 Å². The number of carbonyl (C=O) groups excluding carboxylic acids is 3. The number of imide groups is 1. The SMILES string of the molecule is COC(=O)C1CC=C(C(=O)N2C(=O)OC[C@@H]2Cc2ccccc2)C1. The molecule has 0 radical (unpaired) electrons. The van der Waals surface area contributed by atoms with Gasteiger partial charge in [-0.3, -0.25) is 9.59 Å². The van der Waals surface area contributed by atoms with Crippen molar-refractivity contribution in [3.05, 3.63) is 47.5 Å². The molecule has 126 valence electrons. The van der Waals surface area contributed by atoms with Crippen LogP contribution in [0.3, 0.4) is 0 Å². The maximum atomic E-state index is 12.7. The number of esters is 1. The lowest BCUT2D eigenvalue weighted by atomic mass is 10.0. The minimum absolute atomic E-state index is 0.188. The van der Waals surface area contributed by atoms with E-state index in [-0.39, 0.29) is 30.4 Å². The third-order valence-corrected chi connectivity index (χ3v) is 4.42. The molecule has 1 fully saturated rings. The highest BCUT2D eigenvalue weighted by molar-refractivity contribution is 6.04. The van der Waals surface area contributed by atoms with Gasteiger partial charge in [0.15, 0.2) is 0 Å². The second-order valence-corrected chi connectivity index (χ2v) is 5.98. The first-order valence-electron chi connectivity index (χ1n) is 7.91. The molecule has 1 aliphatic carbocycles. The minimum Gasteiger partial charge on any atom is -0.469 e. The van der Waals surface area contributed by atoms with Gasteiger partial charge in [-0.25, -0.2) is 9.69 Å². The Morgan fingerprint density at radius 1 is 1.29 bits per heavy atom. The highest BCUT2D eigenvalue weighted by Crippen LogP contribution is 2.29. The summed E-state index contributed by atoms with van der Waals surface area (Å²) in [5.74, 6) is -1.05. The molecule has 24 heavy (non-hydrogen) atoms. The van der Waals surface area contributed by atoms with E-state index in [1.54, 1.807) is 6.08 Å². The van der Waals surface area contributed by atoms with E-state index in [9.17, 15) is 14.4 Å². The Hall–Kier alpha value is -2.63. The standard InChI is InChI=1S/C18H19NO5/c1-23-17(21)14-8-7-13(10-14)16(20)19-15(11-24-18(19)22)9-12-5-3-2-4-6-12/h2-7,14-15H,8-11H2,1H3/t14?,15-/m0/s1. The summed E-state index contributed by atoms with van der Waals surface area (Å²) in [5, 5.41) is 0. The summed E-state index contributed by atoms with van der Waals surface area (Å²) in [6.07, 6.45) is 2.40. The van der Waals surface area contributed by atoms with Crippen molar-refractivity contribution < 1.29 is 23.9 Å². The first kappa shape index (κ1) is 16.2. The van der Waals surface area contributed by atoms with Crippen LogP contribution in [0.15, 0.2) is 42.0 Å². The molecule has 0 spiro atoms. The fourth-order valence-corrected chi connectivity index (χ4v) is 3.14. The van der Waals surface area contributed by atoms with E-state index < -0.39 is 6.09 Å². The Bertz CT molecular complexity index is 682. The Labute approximate surface area is 140 Å². The van der Waals surface area contributed by atoms with Crippen LogP contribution in [0.5, 0.6) is 0 Å². The van der Waals surface area contributed by atoms with Gasteiger partial charge in [-0.15, -0.1) is 0 Å². The largest absolute Gasteiger partial charge is 0.469 e. The monoisotopic (exact) mass is 329 g/mol. The van der Waals surface area contributed by atoms with Crippen molar-refractivity contribution in [2.45, 2.75) is 25.3 Å². The average molecular weight is 329 g/mol. The summed E-state index contributed by atoms with van der Waals surface area (Å²) in [4.78, 5) is 37.5. The van der Waals surface area contributed by atoms with Gasteiger partial charge in [-0.2, -0.15) is 0 Å². The lowest BCUT2D eigenvalue weighted by Crippen LogP contribution is -2.41. The van der Waals surface area contributed by atoms with Crippen LogP contribution < -0.4 is 0 Å². The predicted octanol–water partition coefficient (Wildman–Crippen LogP) is 2.09. The Morgan fingerprint density at radius 2 is 2.04 bits per heavy atom. The molecule has 1 aromatic rings. The van der Waals surface area contributed by atoms with Crippen molar-refractivity contribution >= 4 is 18.0 Å². The number of hydrogen-bond acceptors (Lipinski definition) is 5. The van der Waals surface area contributed by atoms with Gasteiger partial charge < -0.3 is 9.47 Å². The maximum Gasteiger partial charge on any atom is 0.417 e. The molecule has 2 atom stereocenters. The number of methoxy groups -OCH3 is 1. The van der Waals surface area contributed by atoms with Gasteiger partial charge >= 0.3 is 12.1 Å².